The summed E-state index contributed by atoms with van der Waals surface area (Å²) in [5.74, 6) is 0.184. The first-order valence-electron chi connectivity index (χ1n) is 8.43. The van der Waals surface area contributed by atoms with Gasteiger partial charge in [-0.15, -0.1) is 0 Å². The Morgan fingerprint density at radius 2 is 1.77 bits per heavy atom. The summed E-state index contributed by atoms with van der Waals surface area (Å²) in [5, 5.41) is 3.02. The Bertz CT molecular complexity index is 433. The fourth-order valence-corrected chi connectivity index (χ4v) is 3.21. The normalized spacial score (nSPS) is 24.9. The van der Waals surface area contributed by atoms with Crippen molar-refractivity contribution in [3.05, 3.63) is 12.2 Å². The second-order valence-corrected chi connectivity index (χ2v) is 6.34. The van der Waals surface area contributed by atoms with Crippen molar-refractivity contribution in [1.29, 1.82) is 0 Å². The summed E-state index contributed by atoms with van der Waals surface area (Å²) in [7, 11) is 0. The molecule has 0 aromatic rings. The minimum atomic E-state index is -0.208. The Balaban J connectivity index is 1.68. The van der Waals surface area contributed by atoms with Gasteiger partial charge in [-0.05, 0) is 38.0 Å². The number of carbonyl (C=O) groups is 3. The molecule has 1 fully saturated rings. The number of rotatable bonds is 7. The Hall–Kier alpha value is -1.65. The standard InChI is InChI=1S/C17H26N2O3/c1-2-3-4-11-18-17(22)14-7-5-13(6-8-14)12-19-15(20)9-10-16(19)21/h9-10,13-14H,2-8,11-12H2,1H3,(H,18,22). The molecule has 1 aliphatic carbocycles. The number of imide groups is 1. The van der Waals surface area contributed by atoms with Gasteiger partial charge in [-0.25, -0.2) is 0 Å². The van der Waals surface area contributed by atoms with Gasteiger partial charge in [-0.2, -0.15) is 0 Å². The molecule has 1 N–H and O–H groups in total. The minimum Gasteiger partial charge on any atom is -0.356 e. The van der Waals surface area contributed by atoms with E-state index < -0.39 is 0 Å². The van der Waals surface area contributed by atoms with Crippen molar-refractivity contribution in [3.63, 3.8) is 0 Å². The van der Waals surface area contributed by atoms with E-state index in [9.17, 15) is 14.4 Å². The highest BCUT2D eigenvalue weighted by atomic mass is 16.2. The fraction of sp³-hybridized carbons (Fsp3) is 0.706. The van der Waals surface area contributed by atoms with Crippen LogP contribution in [-0.2, 0) is 14.4 Å². The van der Waals surface area contributed by atoms with Crippen molar-refractivity contribution in [2.75, 3.05) is 13.1 Å². The maximum absolute atomic E-state index is 12.1. The van der Waals surface area contributed by atoms with Crippen molar-refractivity contribution >= 4 is 17.7 Å². The van der Waals surface area contributed by atoms with Gasteiger partial charge >= 0.3 is 0 Å². The zero-order valence-electron chi connectivity index (χ0n) is 13.3. The molecule has 2 rings (SSSR count). The van der Waals surface area contributed by atoms with Crippen molar-refractivity contribution < 1.29 is 14.4 Å². The molecule has 0 aromatic carbocycles. The van der Waals surface area contributed by atoms with E-state index in [1.807, 2.05) is 0 Å². The number of nitrogens with zero attached hydrogens (tertiary/aromatic N) is 1. The third-order valence-electron chi connectivity index (χ3n) is 4.64. The lowest BCUT2D eigenvalue weighted by Gasteiger charge is -2.30. The number of nitrogens with one attached hydrogen (secondary N) is 1. The summed E-state index contributed by atoms with van der Waals surface area (Å²) in [4.78, 5) is 36.5. The first kappa shape index (κ1) is 16.7. The minimum absolute atomic E-state index is 0.0981. The average molecular weight is 306 g/mol. The van der Waals surface area contributed by atoms with Crippen LogP contribution in [-0.4, -0.2) is 35.7 Å². The van der Waals surface area contributed by atoms with E-state index >= 15 is 0 Å². The Morgan fingerprint density at radius 1 is 1.14 bits per heavy atom. The molecule has 0 unspecified atom stereocenters. The Labute approximate surface area is 132 Å². The van der Waals surface area contributed by atoms with E-state index in [1.54, 1.807) is 0 Å². The van der Waals surface area contributed by atoms with Crippen LogP contribution in [0.1, 0.15) is 51.9 Å². The summed E-state index contributed by atoms with van der Waals surface area (Å²) in [6.07, 6.45) is 9.54. The van der Waals surface area contributed by atoms with Crippen LogP contribution in [0.3, 0.4) is 0 Å². The monoisotopic (exact) mass is 306 g/mol. The fourth-order valence-electron chi connectivity index (χ4n) is 3.21. The van der Waals surface area contributed by atoms with E-state index in [0.29, 0.717) is 12.5 Å². The molecular weight excluding hydrogens is 280 g/mol. The molecule has 1 heterocycles. The van der Waals surface area contributed by atoms with Gasteiger partial charge in [0.2, 0.25) is 5.91 Å². The molecule has 2 aliphatic rings. The molecule has 1 aliphatic heterocycles. The highest BCUT2D eigenvalue weighted by molar-refractivity contribution is 6.12. The third kappa shape index (κ3) is 4.42. The molecule has 0 bridgehead atoms. The van der Waals surface area contributed by atoms with Gasteiger partial charge in [0.05, 0.1) is 0 Å². The molecule has 122 valence electrons. The molecule has 1 saturated carbocycles. The van der Waals surface area contributed by atoms with Crippen LogP contribution in [0.15, 0.2) is 12.2 Å². The Morgan fingerprint density at radius 3 is 2.36 bits per heavy atom. The molecule has 0 saturated heterocycles. The SMILES string of the molecule is CCCCCNC(=O)C1CCC(CN2C(=O)C=CC2=O)CC1. The summed E-state index contributed by atoms with van der Waals surface area (Å²) in [5.41, 5.74) is 0. The van der Waals surface area contributed by atoms with Crippen LogP contribution in [0, 0.1) is 11.8 Å². The van der Waals surface area contributed by atoms with Crippen LogP contribution < -0.4 is 5.32 Å². The van der Waals surface area contributed by atoms with Gasteiger partial charge in [-0.1, -0.05) is 19.8 Å². The van der Waals surface area contributed by atoms with E-state index in [1.165, 1.54) is 17.1 Å². The zero-order valence-corrected chi connectivity index (χ0v) is 13.3. The van der Waals surface area contributed by atoms with Crippen LogP contribution in [0.5, 0.6) is 0 Å². The lowest BCUT2D eigenvalue weighted by atomic mass is 9.81. The lowest BCUT2D eigenvalue weighted by molar-refractivity contribution is -0.138. The molecule has 5 heteroatoms. The molecule has 0 radical (unpaired) electrons. The van der Waals surface area contributed by atoms with Gasteiger partial charge in [0, 0.05) is 31.2 Å². The van der Waals surface area contributed by atoms with E-state index in [4.69, 9.17) is 0 Å². The van der Waals surface area contributed by atoms with Gasteiger partial charge in [0.25, 0.3) is 11.8 Å². The summed E-state index contributed by atoms with van der Waals surface area (Å²) >= 11 is 0. The third-order valence-corrected chi connectivity index (χ3v) is 4.64. The molecule has 3 amide bonds. The second kappa shape index (κ2) is 8.11. The lowest BCUT2D eigenvalue weighted by Crippen LogP contribution is -2.38. The quantitative estimate of drug-likeness (QED) is 0.578. The summed E-state index contributed by atoms with van der Waals surface area (Å²) < 4.78 is 0. The zero-order chi connectivity index (χ0) is 15.9. The average Bonchev–Trinajstić information content (AvgIpc) is 2.84. The van der Waals surface area contributed by atoms with Gasteiger partial charge in [0.1, 0.15) is 0 Å². The van der Waals surface area contributed by atoms with Crippen LogP contribution in [0.4, 0.5) is 0 Å². The molecule has 22 heavy (non-hydrogen) atoms. The molecule has 0 atom stereocenters. The molecule has 0 spiro atoms. The maximum Gasteiger partial charge on any atom is 0.253 e. The van der Waals surface area contributed by atoms with E-state index in [0.717, 1.165) is 51.5 Å². The van der Waals surface area contributed by atoms with Gasteiger partial charge in [-0.3, -0.25) is 19.3 Å². The van der Waals surface area contributed by atoms with Crippen molar-refractivity contribution in [2.24, 2.45) is 11.8 Å². The molecular formula is C17H26N2O3. The number of amides is 3. The highest BCUT2D eigenvalue weighted by Gasteiger charge is 2.30. The molecule has 0 aromatic heterocycles. The van der Waals surface area contributed by atoms with Crippen LogP contribution in [0.25, 0.3) is 0 Å². The van der Waals surface area contributed by atoms with Crippen LogP contribution >= 0.6 is 0 Å². The number of unbranched alkanes of at least 4 members (excludes halogenated alkanes) is 2. The van der Waals surface area contributed by atoms with Gasteiger partial charge < -0.3 is 5.32 Å². The second-order valence-electron chi connectivity index (χ2n) is 6.34. The van der Waals surface area contributed by atoms with E-state index in [-0.39, 0.29) is 23.6 Å². The summed E-state index contributed by atoms with van der Waals surface area (Å²) in [6.45, 7) is 3.42. The number of carbonyl (C=O) groups excluding carboxylic acids is 3. The van der Waals surface area contributed by atoms with Crippen molar-refractivity contribution in [3.8, 4) is 0 Å². The van der Waals surface area contributed by atoms with Gasteiger partial charge in [0.15, 0.2) is 0 Å². The van der Waals surface area contributed by atoms with E-state index in [2.05, 4.69) is 12.2 Å². The number of hydrogen-bond acceptors (Lipinski definition) is 3. The predicted molar refractivity (Wildman–Crippen MR) is 83.8 cm³/mol. The summed E-state index contributed by atoms with van der Waals surface area (Å²) in [6, 6.07) is 0. The van der Waals surface area contributed by atoms with Crippen molar-refractivity contribution in [1.82, 2.24) is 10.2 Å². The highest BCUT2D eigenvalue weighted by Crippen LogP contribution is 2.30. The molecule has 5 nitrogen and oxygen atoms in total. The smallest absolute Gasteiger partial charge is 0.253 e. The Kier molecular flexibility index (Phi) is 6.16. The number of hydrogen-bond donors (Lipinski definition) is 1. The van der Waals surface area contributed by atoms with Crippen molar-refractivity contribution in [2.45, 2.75) is 51.9 Å². The topological polar surface area (TPSA) is 66.5 Å². The largest absolute Gasteiger partial charge is 0.356 e. The predicted octanol–water partition coefficient (Wildman–Crippen LogP) is 2.02. The van der Waals surface area contributed by atoms with Crippen LogP contribution in [0.2, 0.25) is 0 Å². The maximum atomic E-state index is 12.1. The first-order chi connectivity index (χ1) is 10.6. The first-order valence-corrected chi connectivity index (χ1v) is 8.43.